The van der Waals surface area contributed by atoms with E-state index >= 15 is 0 Å². The maximum Gasteiger partial charge on any atom is 0.0307 e. The average molecular weight is 280 g/mol. The molecule has 1 aromatic carbocycles. The fraction of sp³-hybridized carbons (Fsp3) is 0.625. The van der Waals surface area contributed by atoms with E-state index in [9.17, 15) is 0 Å². The van der Waals surface area contributed by atoms with Crippen LogP contribution in [-0.4, -0.2) is 36.5 Å². The van der Waals surface area contributed by atoms with Crippen molar-refractivity contribution < 1.29 is 0 Å². The van der Waals surface area contributed by atoms with Gasteiger partial charge in [-0.25, -0.2) is 0 Å². The molecule has 0 saturated carbocycles. The molecule has 0 amide bonds. The lowest BCUT2D eigenvalue weighted by molar-refractivity contribution is 0.244. The maximum atomic E-state index is 6.28. The molecule has 0 saturated heterocycles. The summed E-state index contributed by atoms with van der Waals surface area (Å²) in [5.74, 6) is 1.23. The Morgan fingerprint density at radius 1 is 1.32 bits per heavy atom. The summed E-state index contributed by atoms with van der Waals surface area (Å²) in [5, 5.41) is 0. The molecule has 0 radical (unpaired) electrons. The topological polar surface area (TPSA) is 29.3 Å². The van der Waals surface area contributed by atoms with Gasteiger partial charge in [0.25, 0.3) is 0 Å². The molecule has 19 heavy (non-hydrogen) atoms. The Bertz CT molecular complexity index is 368. The number of nitrogens with zero attached hydrogens (tertiary/aromatic N) is 1. The van der Waals surface area contributed by atoms with Crippen LogP contribution in [0.5, 0.6) is 0 Å². The second kappa shape index (κ2) is 8.62. The number of nitrogens with two attached hydrogens (primary N) is 1. The molecule has 2 N–H and O–H groups in total. The Kier molecular flexibility index (Phi) is 7.51. The van der Waals surface area contributed by atoms with Gasteiger partial charge in [-0.2, -0.15) is 11.8 Å². The summed E-state index contributed by atoms with van der Waals surface area (Å²) in [6.07, 6.45) is 4.43. The van der Waals surface area contributed by atoms with E-state index in [2.05, 4.69) is 56.3 Å². The highest BCUT2D eigenvalue weighted by molar-refractivity contribution is 7.98. The van der Waals surface area contributed by atoms with Crippen molar-refractivity contribution >= 4 is 11.8 Å². The monoisotopic (exact) mass is 280 g/mol. The summed E-state index contributed by atoms with van der Waals surface area (Å²) < 4.78 is 0. The lowest BCUT2D eigenvalue weighted by Crippen LogP contribution is -2.32. The molecule has 1 aromatic rings. The van der Waals surface area contributed by atoms with Crippen molar-refractivity contribution in [3.05, 3.63) is 35.4 Å². The van der Waals surface area contributed by atoms with Crippen LogP contribution in [0.15, 0.2) is 24.3 Å². The van der Waals surface area contributed by atoms with Crippen molar-refractivity contribution in [2.45, 2.75) is 38.8 Å². The molecule has 2 atom stereocenters. The minimum atomic E-state index is 0.148. The molecular weight excluding hydrogens is 252 g/mol. The fourth-order valence-electron chi connectivity index (χ4n) is 2.14. The van der Waals surface area contributed by atoms with E-state index < -0.39 is 0 Å². The molecule has 1 rings (SSSR count). The number of rotatable bonds is 8. The number of aryl methyl sites for hydroxylation is 1. The molecule has 0 aliphatic carbocycles. The third-order valence-electron chi connectivity index (χ3n) is 3.76. The Hall–Kier alpha value is -0.510. The van der Waals surface area contributed by atoms with Crippen molar-refractivity contribution in [3.63, 3.8) is 0 Å². The first-order chi connectivity index (χ1) is 9.04. The average Bonchev–Trinajstić information content (AvgIpc) is 2.41. The summed E-state index contributed by atoms with van der Waals surface area (Å²) in [4.78, 5) is 2.42. The number of thioether (sulfide) groups is 1. The molecule has 0 spiro atoms. The highest BCUT2D eigenvalue weighted by Gasteiger charge is 2.11. The highest BCUT2D eigenvalue weighted by Crippen LogP contribution is 2.16. The van der Waals surface area contributed by atoms with Crippen LogP contribution in [-0.2, 0) is 0 Å². The van der Waals surface area contributed by atoms with E-state index in [0.29, 0.717) is 6.04 Å². The van der Waals surface area contributed by atoms with Crippen molar-refractivity contribution in [2.24, 2.45) is 5.73 Å². The van der Waals surface area contributed by atoms with Crippen LogP contribution in [0.25, 0.3) is 0 Å². The van der Waals surface area contributed by atoms with Gasteiger partial charge in [0.05, 0.1) is 0 Å². The van der Waals surface area contributed by atoms with Gasteiger partial charge in [0.15, 0.2) is 0 Å². The van der Waals surface area contributed by atoms with Gasteiger partial charge in [-0.15, -0.1) is 0 Å². The molecule has 0 aromatic heterocycles. The van der Waals surface area contributed by atoms with Crippen LogP contribution < -0.4 is 5.73 Å². The quantitative estimate of drug-likeness (QED) is 0.791. The SMILES string of the molecule is CSCCC(C)N(C)CCC(N)c1cccc(C)c1. The van der Waals surface area contributed by atoms with E-state index in [1.165, 1.54) is 23.3 Å². The molecule has 2 unspecified atom stereocenters. The first-order valence-corrected chi connectivity index (χ1v) is 8.45. The van der Waals surface area contributed by atoms with E-state index in [-0.39, 0.29) is 6.04 Å². The Balaban J connectivity index is 2.39. The first-order valence-electron chi connectivity index (χ1n) is 7.06. The van der Waals surface area contributed by atoms with Crippen LogP contribution in [0.4, 0.5) is 0 Å². The third kappa shape index (κ3) is 5.98. The summed E-state index contributed by atoms with van der Waals surface area (Å²) in [6, 6.07) is 9.32. The molecule has 0 fully saturated rings. The normalized spacial score (nSPS) is 14.6. The van der Waals surface area contributed by atoms with Crippen molar-refractivity contribution in [1.29, 1.82) is 0 Å². The minimum absolute atomic E-state index is 0.148. The highest BCUT2D eigenvalue weighted by atomic mass is 32.2. The van der Waals surface area contributed by atoms with Gasteiger partial charge < -0.3 is 10.6 Å². The van der Waals surface area contributed by atoms with Gasteiger partial charge in [0, 0.05) is 12.1 Å². The molecule has 0 heterocycles. The largest absolute Gasteiger partial charge is 0.324 e. The first kappa shape index (κ1) is 16.5. The number of benzene rings is 1. The Morgan fingerprint density at radius 3 is 2.68 bits per heavy atom. The zero-order valence-corrected chi connectivity index (χ0v) is 13.5. The van der Waals surface area contributed by atoms with Crippen molar-refractivity contribution in [3.8, 4) is 0 Å². The molecular formula is C16H28N2S. The van der Waals surface area contributed by atoms with Crippen LogP contribution in [0.2, 0.25) is 0 Å². The molecule has 0 bridgehead atoms. The van der Waals surface area contributed by atoms with E-state index in [1.54, 1.807) is 0 Å². The molecule has 3 heteroatoms. The Morgan fingerprint density at radius 2 is 2.05 bits per heavy atom. The van der Waals surface area contributed by atoms with Gasteiger partial charge in [-0.05, 0) is 57.9 Å². The zero-order chi connectivity index (χ0) is 14.3. The predicted molar refractivity (Wildman–Crippen MR) is 87.8 cm³/mol. The summed E-state index contributed by atoms with van der Waals surface area (Å²) in [6.45, 7) is 5.48. The smallest absolute Gasteiger partial charge is 0.0307 e. The molecule has 0 aliphatic heterocycles. The standard InChI is InChI=1S/C16H28N2S/c1-13-6-5-7-15(12-13)16(17)8-10-18(3)14(2)9-11-19-4/h5-7,12,14,16H,8-11,17H2,1-4H3. The number of hydrogen-bond acceptors (Lipinski definition) is 3. The third-order valence-corrected chi connectivity index (χ3v) is 4.40. The summed E-state index contributed by atoms with van der Waals surface area (Å²) in [7, 11) is 2.20. The van der Waals surface area contributed by atoms with Crippen LogP contribution >= 0.6 is 11.8 Å². The Labute approximate surface area is 122 Å². The van der Waals surface area contributed by atoms with Gasteiger partial charge in [0.2, 0.25) is 0 Å². The van der Waals surface area contributed by atoms with Crippen LogP contribution in [0, 0.1) is 6.92 Å². The van der Waals surface area contributed by atoms with Crippen LogP contribution in [0.3, 0.4) is 0 Å². The van der Waals surface area contributed by atoms with Crippen LogP contribution in [0.1, 0.15) is 36.9 Å². The van der Waals surface area contributed by atoms with Crippen molar-refractivity contribution in [1.82, 2.24) is 4.90 Å². The second-order valence-electron chi connectivity index (χ2n) is 5.42. The summed E-state index contributed by atoms with van der Waals surface area (Å²) >= 11 is 1.92. The summed E-state index contributed by atoms with van der Waals surface area (Å²) in [5.41, 5.74) is 8.82. The second-order valence-corrected chi connectivity index (χ2v) is 6.41. The minimum Gasteiger partial charge on any atom is -0.324 e. The zero-order valence-electron chi connectivity index (χ0n) is 12.7. The lowest BCUT2D eigenvalue weighted by Gasteiger charge is -2.26. The van der Waals surface area contributed by atoms with E-state index in [4.69, 9.17) is 5.73 Å². The van der Waals surface area contributed by atoms with Gasteiger partial charge >= 0.3 is 0 Å². The number of hydrogen-bond donors (Lipinski definition) is 1. The van der Waals surface area contributed by atoms with E-state index in [1.807, 2.05) is 11.8 Å². The van der Waals surface area contributed by atoms with Gasteiger partial charge in [-0.3, -0.25) is 0 Å². The fourth-order valence-corrected chi connectivity index (χ4v) is 2.72. The molecule has 2 nitrogen and oxygen atoms in total. The predicted octanol–water partition coefficient (Wildman–Crippen LogP) is 3.46. The molecule has 0 aliphatic rings. The van der Waals surface area contributed by atoms with E-state index in [0.717, 1.165) is 13.0 Å². The van der Waals surface area contributed by atoms with Crippen molar-refractivity contribution in [2.75, 3.05) is 25.6 Å². The lowest BCUT2D eigenvalue weighted by atomic mass is 10.0. The van der Waals surface area contributed by atoms with Gasteiger partial charge in [0.1, 0.15) is 0 Å². The maximum absolute atomic E-state index is 6.28. The molecule has 108 valence electrons. The van der Waals surface area contributed by atoms with Gasteiger partial charge in [-0.1, -0.05) is 29.8 Å².